The second-order valence-electron chi connectivity index (χ2n) is 4.51. The Kier molecular flexibility index (Phi) is 2.65. The molecule has 0 saturated carbocycles. The van der Waals surface area contributed by atoms with Crippen molar-refractivity contribution < 1.29 is 5.11 Å². The minimum absolute atomic E-state index is 0.813. The van der Waals surface area contributed by atoms with Crippen LogP contribution in [-0.4, -0.2) is 23.2 Å². The average Bonchev–Trinajstić information content (AvgIpc) is 2.69. The van der Waals surface area contributed by atoms with Crippen LogP contribution in [0.3, 0.4) is 0 Å². The number of aliphatic hydroxyl groups is 1. The summed E-state index contributed by atoms with van der Waals surface area (Å²) in [5.41, 5.74) is 1.15. The zero-order chi connectivity index (χ0) is 10.9. The second-order valence-corrected chi connectivity index (χ2v) is 4.51. The van der Waals surface area contributed by atoms with Crippen molar-refractivity contribution in [1.29, 1.82) is 0 Å². The first-order chi connectivity index (χ1) is 7.07. The highest BCUT2D eigenvalue weighted by Crippen LogP contribution is 2.25. The van der Waals surface area contributed by atoms with Crippen molar-refractivity contribution in [2.24, 2.45) is 0 Å². The van der Waals surface area contributed by atoms with Gasteiger partial charge in [-0.3, -0.25) is 4.98 Å². The van der Waals surface area contributed by atoms with Crippen LogP contribution in [0.5, 0.6) is 0 Å². The van der Waals surface area contributed by atoms with Gasteiger partial charge in [0.15, 0.2) is 0 Å². The molecule has 0 aromatic carbocycles. The Hall–Kier alpha value is -1.09. The van der Waals surface area contributed by atoms with Gasteiger partial charge >= 0.3 is 0 Å². The second kappa shape index (κ2) is 3.81. The van der Waals surface area contributed by atoms with Crippen LogP contribution in [-0.2, 0) is 5.60 Å². The molecule has 15 heavy (non-hydrogen) atoms. The van der Waals surface area contributed by atoms with E-state index in [0.29, 0.717) is 0 Å². The molecule has 1 N–H and O–H groups in total. The average molecular weight is 205 g/mol. The predicted octanol–water partition coefficient (Wildman–Crippen LogP) is 1.72. The number of pyridine rings is 1. The molecule has 1 saturated heterocycles. The van der Waals surface area contributed by atoms with Crippen LogP contribution in [0.25, 0.3) is 0 Å². The van der Waals surface area contributed by atoms with Gasteiger partial charge < -0.3 is 10.0 Å². The topological polar surface area (TPSA) is 36.4 Å². The summed E-state index contributed by atoms with van der Waals surface area (Å²) in [6.07, 6.45) is 6.97. The van der Waals surface area contributed by atoms with Crippen LogP contribution in [0.1, 0.15) is 25.8 Å². The summed E-state index contributed by atoms with van der Waals surface area (Å²) in [5, 5.41) is 9.89. The van der Waals surface area contributed by atoms with Gasteiger partial charge in [-0.15, -0.1) is 0 Å². The largest absolute Gasteiger partial charge is 0.386 e. The Bertz CT molecular complexity index is 338. The zero-order valence-corrected chi connectivity index (χ0v) is 9.27. The highest BCUT2D eigenvalue weighted by molar-refractivity contribution is 5.48. The molecule has 1 aliphatic heterocycles. The van der Waals surface area contributed by atoms with Crippen LogP contribution >= 0.6 is 0 Å². The van der Waals surface area contributed by atoms with Crippen LogP contribution in [0.4, 0.5) is 5.69 Å². The third kappa shape index (κ3) is 2.29. The van der Waals surface area contributed by atoms with E-state index < -0.39 is 5.60 Å². The molecule has 3 heteroatoms. The lowest BCUT2D eigenvalue weighted by Gasteiger charge is -2.22. The third-order valence-corrected chi connectivity index (χ3v) is 2.75. The van der Waals surface area contributed by atoms with Crippen LogP contribution in [0.2, 0.25) is 0 Å². The van der Waals surface area contributed by atoms with Gasteiger partial charge in [-0.05, 0) is 32.8 Å². The van der Waals surface area contributed by atoms with Gasteiger partial charge in [-0.1, -0.05) is 0 Å². The van der Waals surface area contributed by atoms with Crippen LogP contribution in [0.15, 0.2) is 18.5 Å². The van der Waals surface area contributed by atoms with E-state index in [1.54, 1.807) is 20.0 Å². The summed E-state index contributed by atoms with van der Waals surface area (Å²) in [7, 11) is 0. The fourth-order valence-corrected chi connectivity index (χ4v) is 1.76. The van der Waals surface area contributed by atoms with Gasteiger partial charge in [0.05, 0.1) is 17.5 Å². The lowest BCUT2D eigenvalue weighted by molar-refractivity contribution is 0.0782. The van der Waals surface area contributed by atoms with Gasteiger partial charge in [0.25, 0.3) is 0 Å². The molecule has 1 aromatic heterocycles. The Morgan fingerprint density at radius 2 is 2.20 bits per heavy atom. The van der Waals surface area contributed by atoms with Crippen molar-refractivity contribution >= 4 is 5.69 Å². The molecular weight excluding hydrogens is 188 g/mol. The smallest absolute Gasteiger partial charge is 0.0856 e. The van der Waals surface area contributed by atoms with Gasteiger partial charge in [0.2, 0.25) is 0 Å². The molecular formula is C12H17N2O. The van der Waals surface area contributed by atoms with Crippen LogP contribution < -0.4 is 4.90 Å². The van der Waals surface area contributed by atoms with Crippen LogP contribution in [0, 0.1) is 6.42 Å². The molecule has 1 aliphatic rings. The van der Waals surface area contributed by atoms with Crippen molar-refractivity contribution in [1.82, 2.24) is 4.98 Å². The van der Waals surface area contributed by atoms with E-state index in [2.05, 4.69) is 16.3 Å². The first-order valence-corrected chi connectivity index (χ1v) is 5.32. The summed E-state index contributed by atoms with van der Waals surface area (Å²) in [5.74, 6) is 0. The van der Waals surface area contributed by atoms with Gasteiger partial charge in [0.1, 0.15) is 0 Å². The minimum Gasteiger partial charge on any atom is -0.386 e. The molecule has 0 unspecified atom stereocenters. The number of anilines is 1. The van der Waals surface area contributed by atoms with E-state index in [-0.39, 0.29) is 0 Å². The first-order valence-electron chi connectivity index (χ1n) is 5.32. The van der Waals surface area contributed by atoms with E-state index in [4.69, 9.17) is 0 Å². The van der Waals surface area contributed by atoms with Crippen molar-refractivity contribution in [2.75, 3.05) is 18.0 Å². The molecule has 0 bridgehead atoms. The molecule has 0 aliphatic carbocycles. The van der Waals surface area contributed by atoms with Crippen molar-refractivity contribution in [3.63, 3.8) is 0 Å². The molecule has 1 radical (unpaired) electrons. The molecule has 1 aromatic rings. The standard InChI is InChI=1S/C12H17N2O/c1-12(2,15)10-7-11(9-13-8-10)14-5-3-4-6-14/h3,7-9,15H,4-6H2,1-2H3. The van der Waals surface area contributed by atoms with Gasteiger partial charge in [-0.2, -0.15) is 0 Å². The Morgan fingerprint density at radius 1 is 1.40 bits per heavy atom. The maximum absolute atomic E-state index is 9.89. The highest BCUT2D eigenvalue weighted by atomic mass is 16.3. The molecule has 0 amide bonds. The summed E-state index contributed by atoms with van der Waals surface area (Å²) in [6.45, 7) is 5.60. The summed E-state index contributed by atoms with van der Waals surface area (Å²) in [4.78, 5) is 6.45. The Balaban J connectivity index is 2.26. The molecule has 1 fully saturated rings. The van der Waals surface area contributed by atoms with E-state index in [9.17, 15) is 5.11 Å². The highest BCUT2D eigenvalue weighted by Gasteiger charge is 2.19. The maximum atomic E-state index is 9.89. The van der Waals surface area contributed by atoms with E-state index in [1.807, 2.05) is 12.3 Å². The normalized spacial score (nSPS) is 17.1. The monoisotopic (exact) mass is 205 g/mol. The lowest BCUT2D eigenvalue weighted by atomic mass is 10.0. The van der Waals surface area contributed by atoms with E-state index in [0.717, 1.165) is 30.8 Å². The SMILES string of the molecule is CC(C)(O)c1cncc(N2C[CH]CC2)c1. The maximum Gasteiger partial charge on any atom is 0.0856 e. The van der Waals surface area contributed by atoms with Gasteiger partial charge in [-0.25, -0.2) is 0 Å². The fraction of sp³-hybridized carbons (Fsp3) is 0.500. The predicted molar refractivity (Wildman–Crippen MR) is 60.6 cm³/mol. The Labute approximate surface area is 90.8 Å². The molecule has 0 atom stereocenters. The fourth-order valence-electron chi connectivity index (χ4n) is 1.76. The molecule has 3 nitrogen and oxygen atoms in total. The number of aromatic nitrogens is 1. The van der Waals surface area contributed by atoms with E-state index in [1.165, 1.54) is 0 Å². The summed E-state index contributed by atoms with van der Waals surface area (Å²) in [6, 6.07) is 2.02. The molecule has 81 valence electrons. The number of hydrogen-bond acceptors (Lipinski definition) is 3. The lowest BCUT2D eigenvalue weighted by Crippen LogP contribution is -2.20. The zero-order valence-electron chi connectivity index (χ0n) is 9.27. The van der Waals surface area contributed by atoms with Crippen molar-refractivity contribution in [2.45, 2.75) is 25.9 Å². The van der Waals surface area contributed by atoms with Gasteiger partial charge in [0, 0.05) is 24.8 Å². The Morgan fingerprint density at radius 3 is 2.80 bits per heavy atom. The van der Waals surface area contributed by atoms with Crippen molar-refractivity contribution in [3.8, 4) is 0 Å². The summed E-state index contributed by atoms with van der Waals surface area (Å²) >= 11 is 0. The molecule has 0 spiro atoms. The minimum atomic E-state index is -0.813. The molecule has 2 rings (SSSR count). The summed E-state index contributed by atoms with van der Waals surface area (Å²) < 4.78 is 0. The number of nitrogens with zero attached hydrogens (tertiary/aromatic N) is 2. The third-order valence-electron chi connectivity index (χ3n) is 2.75. The number of hydrogen-bond donors (Lipinski definition) is 1. The first kappa shape index (κ1) is 10.4. The number of rotatable bonds is 2. The quantitative estimate of drug-likeness (QED) is 0.798. The van der Waals surface area contributed by atoms with E-state index >= 15 is 0 Å². The molecule has 2 heterocycles. The van der Waals surface area contributed by atoms with Crippen molar-refractivity contribution in [3.05, 3.63) is 30.4 Å².